The Morgan fingerprint density at radius 3 is 2.52 bits per heavy atom. The van der Waals surface area contributed by atoms with Crippen molar-refractivity contribution in [3.8, 4) is 6.07 Å². The highest BCUT2D eigenvalue weighted by molar-refractivity contribution is 7.89. The Morgan fingerprint density at radius 1 is 1.12 bits per heavy atom. The van der Waals surface area contributed by atoms with E-state index < -0.39 is 10.0 Å². The first-order valence-electron chi connectivity index (χ1n) is 8.08. The lowest BCUT2D eigenvalue weighted by molar-refractivity contribution is -0.917. The zero-order valence-corrected chi connectivity index (χ0v) is 14.5. The molecule has 1 aliphatic heterocycles. The predicted octanol–water partition coefficient (Wildman–Crippen LogP) is 0.787. The van der Waals surface area contributed by atoms with Gasteiger partial charge in [-0.3, -0.25) is 0 Å². The van der Waals surface area contributed by atoms with Gasteiger partial charge in [-0.1, -0.05) is 24.3 Å². The highest BCUT2D eigenvalue weighted by Gasteiger charge is 2.30. The van der Waals surface area contributed by atoms with Crippen LogP contribution in [0.15, 0.2) is 53.4 Å². The van der Waals surface area contributed by atoms with E-state index in [1.807, 2.05) is 6.07 Å². The van der Waals surface area contributed by atoms with Crippen molar-refractivity contribution in [2.45, 2.75) is 11.4 Å². The maximum atomic E-state index is 13.8. The molecule has 0 saturated carbocycles. The lowest BCUT2D eigenvalue weighted by Gasteiger charge is -2.31. The number of quaternary nitrogens is 1. The van der Waals surface area contributed by atoms with Crippen molar-refractivity contribution in [2.24, 2.45) is 0 Å². The van der Waals surface area contributed by atoms with Crippen LogP contribution in [-0.2, 0) is 16.6 Å². The number of nitrogens with one attached hydrogen (secondary N) is 1. The molecule has 0 unspecified atom stereocenters. The third kappa shape index (κ3) is 3.87. The lowest BCUT2D eigenvalue weighted by Crippen LogP contribution is -3.13. The second kappa shape index (κ2) is 7.31. The Hall–Kier alpha value is -2.27. The smallest absolute Gasteiger partial charge is 0.243 e. The highest BCUT2D eigenvalue weighted by Crippen LogP contribution is 2.17. The van der Waals surface area contributed by atoms with Crippen LogP contribution in [0.25, 0.3) is 0 Å². The van der Waals surface area contributed by atoms with E-state index >= 15 is 0 Å². The number of rotatable bonds is 4. The molecule has 1 fully saturated rings. The molecule has 0 spiro atoms. The fourth-order valence-corrected chi connectivity index (χ4v) is 4.49. The molecule has 0 bridgehead atoms. The van der Waals surface area contributed by atoms with Crippen LogP contribution in [0.3, 0.4) is 0 Å². The molecule has 0 atom stereocenters. The Bertz CT molecular complexity index is 901. The van der Waals surface area contributed by atoms with Gasteiger partial charge in [-0.2, -0.15) is 9.57 Å². The molecule has 1 heterocycles. The molecule has 25 heavy (non-hydrogen) atoms. The first kappa shape index (κ1) is 17.5. The highest BCUT2D eigenvalue weighted by atomic mass is 32.2. The molecule has 2 aromatic rings. The number of hydrogen-bond acceptors (Lipinski definition) is 3. The quantitative estimate of drug-likeness (QED) is 0.877. The van der Waals surface area contributed by atoms with Gasteiger partial charge in [0.15, 0.2) is 0 Å². The van der Waals surface area contributed by atoms with Crippen molar-refractivity contribution < 1.29 is 17.7 Å². The largest absolute Gasteiger partial charge is 0.329 e. The molecule has 5 nitrogen and oxygen atoms in total. The number of piperazine rings is 1. The molecule has 1 aliphatic rings. The van der Waals surface area contributed by atoms with Crippen molar-refractivity contribution in [1.82, 2.24) is 4.31 Å². The average molecular weight is 360 g/mol. The third-order valence-corrected chi connectivity index (χ3v) is 6.32. The van der Waals surface area contributed by atoms with E-state index in [2.05, 4.69) is 0 Å². The van der Waals surface area contributed by atoms with Crippen LogP contribution in [-0.4, -0.2) is 38.9 Å². The van der Waals surface area contributed by atoms with Gasteiger partial charge in [0.25, 0.3) is 0 Å². The molecule has 0 aromatic heterocycles. The van der Waals surface area contributed by atoms with E-state index in [0.29, 0.717) is 43.9 Å². The molecule has 2 aromatic carbocycles. The van der Waals surface area contributed by atoms with Crippen LogP contribution in [0.5, 0.6) is 0 Å². The Labute approximate surface area is 147 Å². The van der Waals surface area contributed by atoms with Crippen LogP contribution < -0.4 is 4.90 Å². The summed E-state index contributed by atoms with van der Waals surface area (Å²) in [5.74, 6) is -0.224. The predicted molar refractivity (Wildman–Crippen MR) is 90.7 cm³/mol. The van der Waals surface area contributed by atoms with Crippen LogP contribution in [0.1, 0.15) is 11.1 Å². The minimum absolute atomic E-state index is 0.143. The van der Waals surface area contributed by atoms with Gasteiger partial charge in [0, 0.05) is 5.56 Å². The minimum Gasteiger partial charge on any atom is -0.329 e. The van der Waals surface area contributed by atoms with Gasteiger partial charge in [0.05, 0.1) is 42.7 Å². The molecule has 3 rings (SSSR count). The number of nitriles is 1. The number of hydrogen-bond donors (Lipinski definition) is 1. The molecule has 0 aliphatic carbocycles. The van der Waals surface area contributed by atoms with Gasteiger partial charge in [-0.05, 0) is 24.3 Å². The maximum absolute atomic E-state index is 13.8. The van der Waals surface area contributed by atoms with Gasteiger partial charge in [-0.25, -0.2) is 12.8 Å². The number of nitrogens with zero attached hydrogens (tertiary/aromatic N) is 2. The zero-order valence-electron chi connectivity index (χ0n) is 13.7. The van der Waals surface area contributed by atoms with Crippen LogP contribution in [0, 0.1) is 17.1 Å². The average Bonchev–Trinajstić information content (AvgIpc) is 2.64. The second-order valence-electron chi connectivity index (χ2n) is 6.06. The van der Waals surface area contributed by atoms with E-state index in [0.717, 1.165) is 4.90 Å². The summed E-state index contributed by atoms with van der Waals surface area (Å²) in [5, 5.41) is 8.94. The van der Waals surface area contributed by atoms with Crippen molar-refractivity contribution in [3.05, 3.63) is 65.5 Å². The third-order valence-electron chi connectivity index (χ3n) is 4.43. The monoisotopic (exact) mass is 360 g/mol. The van der Waals surface area contributed by atoms with E-state index in [9.17, 15) is 12.8 Å². The van der Waals surface area contributed by atoms with Gasteiger partial charge in [0.2, 0.25) is 10.0 Å². The molecular formula is C18H19FN3O2S+. The summed E-state index contributed by atoms with van der Waals surface area (Å²) in [6.45, 7) is 2.54. The number of benzene rings is 2. The van der Waals surface area contributed by atoms with E-state index in [-0.39, 0.29) is 10.7 Å². The summed E-state index contributed by atoms with van der Waals surface area (Å²) < 4.78 is 40.6. The van der Waals surface area contributed by atoms with Crippen molar-refractivity contribution >= 4 is 10.0 Å². The Kier molecular flexibility index (Phi) is 5.13. The van der Waals surface area contributed by atoms with Gasteiger partial charge in [-0.15, -0.1) is 0 Å². The van der Waals surface area contributed by atoms with Crippen molar-refractivity contribution in [1.29, 1.82) is 5.26 Å². The van der Waals surface area contributed by atoms with Crippen LogP contribution in [0.4, 0.5) is 4.39 Å². The van der Waals surface area contributed by atoms with Crippen molar-refractivity contribution in [2.75, 3.05) is 26.2 Å². The Balaban J connectivity index is 1.67. The molecular weight excluding hydrogens is 341 g/mol. The van der Waals surface area contributed by atoms with Gasteiger partial charge in [0.1, 0.15) is 12.4 Å². The van der Waals surface area contributed by atoms with Gasteiger partial charge < -0.3 is 4.90 Å². The lowest BCUT2D eigenvalue weighted by atomic mass is 10.2. The maximum Gasteiger partial charge on any atom is 0.243 e. The zero-order chi connectivity index (χ0) is 17.9. The molecule has 0 radical (unpaired) electrons. The summed E-state index contributed by atoms with van der Waals surface area (Å²) >= 11 is 0. The first-order chi connectivity index (χ1) is 12.0. The first-order valence-corrected chi connectivity index (χ1v) is 9.52. The standard InChI is InChI=1S/C18H18FN3O2S/c19-18-7-2-1-5-16(18)14-21-8-10-22(11-9-21)25(23,24)17-6-3-4-15(12-17)13-20/h1-7,12H,8-11,14H2/p+1. The molecule has 7 heteroatoms. The minimum atomic E-state index is -3.60. The molecule has 130 valence electrons. The second-order valence-corrected chi connectivity index (χ2v) is 8.00. The number of halogens is 1. The summed E-state index contributed by atoms with van der Waals surface area (Å²) in [5.41, 5.74) is 0.973. The van der Waals surface area contributed by atoms with Crippen LogP contribution >= 0.6 is 0 Å². The number of sulfonamides is 1. The molecule has 0 amide bonds. The molecule has 1 saturated heterocycles. The SMILES string of the molecule is N#Cc1cccc(S(=O)(=O)N2CC[NH+](Cc3ccccc3F)CC2)c1. The topological polar surface area (TPSA) is 65.6 Å². The van der Waals surface area contributed by atoms with Crippen molar-refractivity contribution in [3.63, 3.8) is 0 Å². The fourth-order valence-electron chi connectivity index (χ4n) is 3.01. The summed E-state index contributed by atoms with van der Waals surface area (Å²) in [6, 6.07) is 14.7. The summed E-state index contributed by atoms with van der Waals surface area (Å²) in [4.78, 5) is 1.30. The summed E-state index contributed by atoms with van der Waals surface area (Å²) in [6.07, 6.45) is 0. The fraction of sp³-hybridized carbons (Fsp3) is 0.278. The summed E-state index contributed by atoms with van der Waals surface area (Å²) in [7, 11) is -3.60. The van der Waals surface area contributed by atoms with E-state index in [1.54, 1.807) is 30.3 Å². The molecule has 1 N–H and O–H groups in total. The van der Waals surface area contributed by atoms with E-state index in [4.69, 9.17) is 5.26 Å². The van der Waals surface area contributed by atoms with E-state index in [1.165, 1.54) is 22.5 Å². The Morgan fingerprint density at radius 2 is 1.84 bits per heavy atom. The van der Waals surface area contributed by atoms with Crippen LogP contribution in [0.2, 0.25) is 0 Å². The van der Waals surface area contributed by atoms with Gasteiger partial charge >= 0.3 is 0 Å². The normalized spacial score (nSPS) is 16.5.